The molecule has 2 aliphatic heterocycles. The Morgan fingerprint density at radius 3 is 2.73 bits per heavy atom. The van der Waals surface area contributed by atoms with E-state index in [2.05, 4.69) is 22.8 Å². The number of hydrogen-bond donors (Lipinski definition) is 2. The van der Waals surface area contributed by atoms with E-state index in [0.717, 1.165) is 56.2 Å². The Bertz CT molecular complexity index is 869. The van der Waals surface area contributed by atoms with E-state index >= 15 is 0 Å². The van der Waals surface area contributed by atoms with E-state index in [-0.39, 0.29) is 47.9 Å². The zero-order valence-corrected chi connectivity index (χ0v) is 21.6. The van der Waals surface area contributed by atoms with Gasteiger partial charge >= 0.3 is 0 Å². The Balaban J connectivity index is 0.00000306. The van der Waals surface area contributed by atoms with Crippen molar-refractivity contribution in [3.05, 3.63) is 60.1 Å². The van der Waals surface area contributed by atoms with Crippen LogP contribution in [0.15, 0.2) is 58.1 Å². The van der Waals surface area contributed by atoms with Crippen molar-refractivity contribution < 1.29 is 13.9 Å². The number of halogens is 1. The molecule has 2 aliphatic rings. The number of nitrogens with one attached hydrogen (secondary N) is 2. The molecule has 180 valence electrons. The second kappa shape index (κ2) is 13.0. The van der Waals surface area contributed by atoms with Gasteiger partial charge < -0.3 is 24.7 Å². The highest BCUT2D eigenvalue weighted by molar-refractivity contribution is 14.0. The first-order valence-corrected chi connectivity index (χ1v) is 11.7. The molecular weight excluding hydrogens is 531 g/mol. The third-order valence-corrected chi connectivity index (χ3v) is 6.33. The minimum Gasteiger partial charge on any atom is -0.469 e. The molecule has 0 radical (unpaired) electrons. The predicted molar refractivity (Wildman–Crippen MR) is 140 cm³/mol. The van der Waals surface area contributed by atoms with Gasteiger partial charge in [-0.25, -0.2) is 0 Å². The molecule has 3 heterocycles. The van der Waals surface area contributed by atoms with E-state index in [1.807, 2.05) is 42.3 Å². The second-order valence-corrected chi connectivity index (χ2v) is 8.64. The molecule has 1 amide bonds. The van der Waals surface area contributed by atoms with Crippen molar-refractivity contribution in [2.24, 2.45) is 10.9 Å². The average molecular weight is 566 g/mol. The smallest absolute Gasteiger partial charge is 0.223 e. The van der Waals surface area contributed by atoms with E-state index in [0.29, 0.717) is 13.0 Å². The van der Waals surface area contributed by atoms with E-state index in [4.69, 9.17) is 14.1 Å². The summed E-state index contributed by atoms with van der Waals surface area (Å²) in [4.78, 5) is 19.2. The predicted octanol–water partition coefficient (Wildman–Crippen LogP) is 3.76. The van der Waals surface area contributed by atoms with Gasteiger partial charge in [0.1, 0.15) is 5.76 Å². The number of carbonyl (C=O) groups excluding carboxylic acids is 1. The van der Waals surface area contributed by atoms with Crippen molar-refractivity contribution in [3.8, 4) is 0 Å². The van der Waals surface area contributed by atoms with Gasteiger partial charge in [0.2, 0.25) is 5.91 Å². The molecule has 1 aromatic carbocycles. The number of furan rings is 1. The van der Waals surface area contributed by atoms with Gasteiger partial charge in [-0.1, -0.05) is 30.3 Å². The van der Waals surface area contributed by atoms with Crippen LogP contribution >= 0.6 is 24.0 Å². The van der Waals surface area contributed by atoms with Crippen LogP contribution in [0, 0.1) is 5.92 Å². The van der Waals surface area contributed by atoms with Crippen molar-refractivity contribution in [1.29, 1.82) is 0 Å². The lowest BCUT2D eigenvalue weighted by Gasteiger charge is -2.25. The first-order chi connectivity index (χ1) is 15.7. The number of benzene rings is 1. The summed E-state index contributed by atoms with van der Waals surface area (Å²) in [6.07, 6.45) is 6.64. The van der Waals surface area contributed by atoms with E-state index in [9.17, 15) is 4.79 Å². The van der Waals surface area contributed by atoms with E-state index in [1.54, 1.807) is 6.26 Å². The molecule has 2 saturated heterocycles. The largest absolute Gasteiger partial charge is 0.469 e. The summed E-state index contributed by atoms with van der Waals surface area (Å²) in [6.45, 7) is 2.87. The molecule has 0 aliphatic carbocycles. The number of ether oxygens (including phenoxy) is 1. The van der Waals surface area contributed by atoms with Crippen LogP contribution in [0.3, 0.4) is 0 Å². The SMILES string of the molecule is CN1C(=O)CC(CN=C(NCCc2ccco2)NCC2CCCCO2)C1c1ccccc1.I. The van der Waals surface area contributed by atoms with Crippen LogP contribution in [0.5, 0.6) is 0 Å². The number of nitrogens with zero attached hydrogens (tertiary/aromatic N) is 2. The van der Waals surface area contributed by atoms with Crippen molar-refractivity contribution in [1.82, 2.24) is 15.5 Å². The Morgan fingerprint density at radius 2 is 2.00 bits per heavy atom. The van der Waals surface area contributed by atoms with Crippen LogP contribution in [-0.2, 0) is 16.0 Å². The van der Waals surface area contributed by atoms with Crippen molar-refractivity contribution in [2.45, 2.75) is 44.2 Å². The van der Waals surface area contributed by atoms with Crippen LogP contribution in [0.4, 0.5) is 0 Å². The fraction of sp³-hybridized carbons (Fsp3) is 0.520. The average Bonchev–Trinajstić information content (AvgIpc) is 3.44. The molecule has 1 aromatic heterocycles. The van der Waals surface area contributed by atoms with Gasteiger partial charge in [-0.15, -0.1) is 24.0 Å². The van der Waals surface area contributed by atoms with Crippen molar-refractivity contribution >= 4 is 35.8 Å². The van der Waals surface area contributed by atoms with Crippen LogP contribution in [0.1, 0.15) is 43.0 Å². The standard InChI is InChI=1S/C25H34N4O3.HI/c1-29-23(30)16-20(24(29)19-8-3-2-4-9-19)17-27-25(26-13-12-21-11-7-15-31-21)28-18-22-10-5-6-14-32-22;/h2-4,7-9,11,15,20,22,24H,5-6,10,12-14,16-18H2,1H3,(H2,26,27,28);1H. The molecule has 0 bridgehead atoms. The lowest BCUT2D eigenvalue weighted by atomic mass is 9.94. The van der Waals surface area contributed by atoms with Gasteiger partial charge in [0.15, 0.2) is 5.96 Å². The summed E-state index contributed by atoms with van der Waals surface area (Å²) in [7, 11) is 1.89. The Morgan fingerprint density at radius 1 is 1.15 bits per heavy atom. The first-order valence-electron chi connectivity index (χ1n) is 11.7. The maximum atomic E-state index is 12.5. The van der Waals surface area contributed by atoms with E-state index in [1.165, 1.54) is 6.42 Å². The maximum Gasteiger partial charge on any atom is 0.223 e. The van der Waals surface area contributed by atoms with Gasteiger partial charge in [-0.05, 0) is 37.0 Å². The monoisotopic (exact) mass is 566 g/mol. The first kappa shape index (κ1) is 25.6. The lowest BCUT2D eigenvalue weighted by Crippen LogP contribution is -2.43. The fourth-order valence-electron chi connectivity index (χ4n) is 4.58. The van der Waals surface area contributed by atoms with E-state index < -0.39 is 0 Å². The fourth-order valence-corrected chi connectivity index (χ4v) is 4.58. The molecule has 2 aromatic rings. The molecule has 0 spiro atoms. The molecule has 2 N–H and O–H groups in total. The number of likely N-dealkylation sites (tertiary alicyclic amines) is 1. The molecule has 2 fully saturated rings. The summed E-state index contributed by atoms with van der Waals surface area (Å²) in [5.41, 5.74) is 1.16. The number of carbonyl (C=O) groups is 1. The number of hydrogen-bond acceptors (Lipinski definition) is 4. The topological polar surface area (TPSA) is 79.1 Å². The van der Waals surface area contributed by atoms with Crippen molar-refractivity contribution in [2.75, 3.05) is 33.3 Å². The third-order valence-electron chi connectivity index (χ3n) is 6.33. The maximum absolute atomic E-state index is 12.5. The Kier molecular flexibility index (Phi) is 10.1. The van der Waals surface area contributed by atoms with Gasteiger partial charge in [-0.3, -0.25) is 9.79 Å². The molecule has 0 saturated carbocycles. The summed E-state index contributed by atoms with van der Waals surface area (Å²) in [5.74, 6) is 2.03. The van der Waals surface area contributed by atoms with Crippen LogP contribution in [0.2, 0.25) is 0 Å². The number of amides is 1. The Labute approximate surface area is 213 Å². The molecule has 8 heteroatoms. The van der Waals surface area contributed by atoms with Crippen LogP contribution in [0.25, 0.3) is 0 Å². The quantitative estimate of drug-likeness (QED) is 0.289. The minimum absolute atomic E-state index is 0. The summed E-state index contributed by atoms with van der Waals surface area (Å²) in [6, 6.07) is 14.2. The highest BCUT2D eigenvalue weighted by Gasteiger charge is 2.38. The van der Waals surface area contributed by atoms with Crippen LogP contribution < -0.4 is 10.6 Å². The second-order valence-electron chi connectivity index (χ2n) is 8.64. The zero-order chi connectivity index (χ0) is 22.2. The highest BCUT2D eigenvalue weighted by atomic mass is 127. The van der Waals surface area contributed by atoms with Gasteiger partial charge in [0.05, 0.1) is 18.4 Å². The van der Waals surface area contributed by atoms with Gasteiger partial charge in [0, 0.05) is 52.0 Å². The Hall–Kier alpha value is -2.07. The number of rotatable bonds is 8. The number of guanidine groups is 1. The van der Waals surface area contributed by atoms with Gasteiger partial charge in [-0.2, -0.15) is 0 Å². The molecular formula is C25H35IN4O3. The number of aliphatic imine (C=N–C) groups is 1. The minimum atomic E-state index is 0. The summed E-state index contributed by atoms with van der Waals surface area (Å²) >= 11 is 0. The van der Waals surface area contributed by atoms with Gasteiger partial charge in [0.25, 0.3) is 0 Å². The molecule has 3 atom stereocenters. The van der Waals surface area contributed by atoms with Crippen LogP contribution in [-0.4, -0.2) is 56.2 Å². The third kappa shape index (κ3) is 7.20. The molecule has 4 rings (SSSR count). The summed E-state index contributed by atoms with van der Waals surface area (Å²) < 4.78 is 11.3. The molecule has 3 unspecified atom stereocenters. The molecule has 7 nitrogen and oxygen atoms in total. The zero-order valence-electron chi connectivity index (χ0n) is 19.2. The normalized spacial score (nSPS) is 23.3. The highest BCUT2D eigenvalue weighted by Crippen LogP contribution is 2.36. The summed E-state index contributed by atoms with van der Waals surface area (Å²) in [5, 5.41) is 6.88. The van der Waals surface area contributed by atoms with Crippen molar-refractivity contribution in [3.63, 3.8) is 0 Å². The lowest BCUT2D eigenvalue weighted by molar-refractivity contribution is -0.127. The molecule has 33 heavy (non-hydrogen) atoms.